The number of nitrogens with one attached hydrogen (secondary N) is 1. The Bertz CT molecular complexity index is 686. The highest BCUT2D eigenvalue weighted by Gasteiger charge is 2.29. The van der Waals surface area contributed by atoms with Gasteiger partial charge < -0.3 is 9.84 Å². The summed E-state index contributed by atoms with van der Waals surface area (Å²) < 4.78 is 5.26. The Kier molecular flexibility index (Phi) is 4.34. The predicted molar refractivity (Wildman–Crippen MR) is 90.7 cm³/mol. The van der Waals surface area contributed by atoms with Crippen molar-refractivity contribution >= 4 is 5.91 Å². The number of aromatic nitrogens is 1. The molecule has 1 saturated heterocycles. The van der Waals surface area contributed by atoms with E-state index in [1.807, 2.05) is 6.07 Å². The van der Waals surface area contributed by atoms with Crippen LogP contribution < -0.4 is 5.32 Å². The van der Waals surface area contributed by atoms with Crippen LogP contribution in [0, 0.1) is 0 Å². The van der Waals surface area contributed by atoms with Crippen molar-refractivity contribution in [1.29, 1.82) is 0 Å². The molecule has 1 aliphatic heterocycles. The monoisotopic (exact) mass is 325 g/mol. The van der Waals surface area contributed by atoms with Crippen molar-refractivity contribution in [3.05, 3.63) is 53.4 Å². The van der Waals surface area contributed by atoms with E-state index in [0.29, 0.717) is 11.6 Å². The molecule has 2 heterocycles. The molecule has 2 aliphatic rings. The lowest BCUT2D eigenvalue weighted by atomic mass is 10.0. The van der Waals surface area contributed by atoms with Crippen LogP contribution >= 0.6 is 0 Å². The lowest BCUT2D eigenvalue weighted by Gasteiger charge is -2.32. The van der Waals surface area contributed by atoms with E-state index in [1.54, 1.807) is 6.07 Å². The Morgan fingerprint density at radius 2 is 1.92 bits per heavy atom. The molecular formula is C19H23N3O2. The molecule has 5 heteroatoms. The van der Waals surface area contributed by atoms with Crippen LogP contribution in [0.2, 0.25) is 0 Å². The number of hydrogen-bond acceptors (Lipinski definition) is 4. The largest absolute Gasteiger partial charge is 0.360 e. The van der Waals surface area contributed by atoms with Crippen molar-refractivity contribution in [3.63, 3.8) is 0 Å². The van der Waals surface area contributed by atoms with Gasteiger partial charge in [-0.05, 0) is 31.2 Å². The third kappa shape index (κ3) is 3.67. The molecule has 1 N–H and O–H groups in total. The number of likely N-dealkylation sites (tertiary alicyclic amines) is 1. The van der Waals surface area contributed by atoms with E-state index in [-0.39, 0.29) is 11.9 Å². The predicted octanol–water partition coefficient (Wildman–Crippen LogP) is 2.95. The van der Waals surface area contributed by atoms with Crippen LogP contribution in [0.5, 0.6) is 0 Å². The van der Waals surface area contributed by atoms with Gasteiger partial charge in [0.2, 0.25) is 0 Å². The lowest BCUT2D eigenvalue weighted by Crippen LogP contribution is -2.44. The molecule has 0 atom stereocenters. The average Bonchev–Trinajstić information content (AvgIpc) is 3.34. The summed E-state index contributed by atoms with van der Waals surface area (Å²) in [7, 11) is 0. The molecule has 4 rings (SSSR count). The maximum Gasteiger partial charge on any atom is 0.273 e. The number of benzene rings is 1. The van der Waals surface area contributed by atoms with Crippen molar-refractivity contribution in [2.75, 3.05) is 13.1 Å². The van der Waals surface area contributed by atoms with Gasteiger partial charge in [-0.1, -0.05) is 35.5 Å². The van der Waals surface area contributed by atoms with Gasteiger partial charge >= 0.3 is 0 Å². The fourth-order valence-electron chi connectivity index (χ4n) is 3.29. The van der Waals surface area contributed by atoms with Gasteiger partial charge in [0.25, 0.3) is 5.91 Å². The standard InChI is InChI=1S/C19H23N3O2/c23-19(17-12-18(24-21-17)15-6-7-15)20-16-8-10-22(11-9-16)13-14-4-2-1-3-5-14/h1-5,12,15-16H,6-11,13H2,(H,20,23). The van der Waals surface area contributed by atoms with E-state index < -0.39 is 0 Å². The zero-order valence-electron chi connectivity index (χ0n) is 13.8. The molecule has 2 fully saturated rings. The summed E-state index contributed by atoms with van der Waals surface area (Å²) in [5.41, 5.74) is 1.76. The zero-order chi connectivity index (χ0) is 16.4. The highest BCUT2D eigenvalue weighted by molar-refractivity contribution is 5.92. The van der Waals surface area contributed by atoms with Crippen LogP contribution in [0.1, 0.15) is 53.4 Å². The number of hydrogen-bond donors (Lipinski definition) is 1. The highest BCUT2D eigenvalue weighted by Crippen LogP contribution is 2.40. The number of rotatable bonds is 5. The van der Waals surface area contributed by atoms with E-state index in [1.165, 1.54) is 5.56 Å². The van der Waals surface area contributed by atoms with Gasteiger partial charge in [0.1, 0.15) is 5.76 Å². The van der Waals surface area contributed by atoms with Crippen molar-refractivity contribution < 1.29 is 9.32 Å². The van der Waals surface area contributed by atoms with Gasteiger partial charge in [-0.2, -0.15) is 0 Å². The Hall–Kier alpha value is -2.14. The van der Waals surface area contributed by atoms with Crippen LogP contribution in [-0.4, -0.2) is 35.1 Å². The second-order valence-electron chi connectivity index (χ2n) is 6.90. The topological polar surface area (TPSA) is 58.4 Å². The minimum Gasteiger partial charge on any atom is -0.360 e. The van der Waals surface area contributed by atoms with E-state index in [0.717, 1.165) is 51.1 Å². The fraction of sp³-hybridized carbons (Fsp3) is 0.474. The van der Waals surface area contributed by atoms with Crippen molar-refractivity contribution in [2.45, 2.75) is 44.2 Å². The first-order valence-corrected chi connectivity index (χ1v) is 8.82. The van der Waals surface area contributed by atoms with Crippen LogP contribution in [0.25, 0.3) is 0 Å². The Balaban J connectivity index is 1.25. The summed E-state index contributed by atoms with van der Waals surface area (Å²) in [6.45, 7) is 2.99. The molecule has 0 spiro atoms. The summed E-state index contributed by atoms with van der Waals surface area (Å²) in [5, 5.41) is 7.02. The molecule has 24 heavy (non-hydrogen) atoms. The molecule has 1 aromatic heterocycles. The van der Waals surface area contributed by atoms with Crippen LogP contribution in [0.15, 0.2) is 40.9 Å². The van der Waals surface area contributed by atoms with Gasteiger partial charge in [0, 0.05) is 37.7 Å². The third-order valence-corrected chi connectivity index (χ3v) is 4.91. The molecule has 126 valence electrons. The molecule has 0 unspecified atom stereocenters. The van der Waals surface area contributed by atoms with E-state index in [2.05, 4.69) is 39.6 Å². The molecule has 0 bridgehead atoms. The third-order valence-electron chi connectivity index (χ3n) is 4.91. The number of piperidine rings is 1. The van der Waals surface area contributed by atoms with Gasteiger partial charge in [-0.3, -0.25) is 9.69 Å². The maximum atomic E-state index is 12.3. The second-order valence-corrected chi connectivity index (χ2v) is 6.90. The van der Waals surface area contributed by atoms with E-state index in [9.17, 15) is 4.79 Å². The van der Waals surface area contributed by atoms with E-state index >= 15 is 0 Å². The van der Waals surface area contributed by atoms with Crippen molar-refractivity contribution in [2.24, 2.45) is 0 Å². The number of carbonyl (C=O) groups excluding carboxylic acids is 1. The molecule has 5 nitrogen and oxygen atoms in total. The van der Waals surface area contributed by atoms with E-state index in [4.69, 9.17) is 4.52 Å². The van der Waals surface area contributed by atoms with Gasteiger partial charge in [-0.15, -0.1) is 0 Å². The smallest absolute Gasteiger partial charge is 0.273 e. The first kappa shape index (κ1) is 15.4. The summed E-state index contributed by atoms with van der Waals surface area (Å²) in [5.74, 6) is 1.24. The highest BCUT2D eigenvalue weighted by atomic mass is 16.5. The molecule has 1 amide bonds. The van der Waals surface area contributed by atoms with Gasteiger partial charge in [0.15, 0.2) is 5.69 Å². The molecular weight excluding hydrogens is 302 g/mol. The van der Waals surface area contributed by atoms with Crippen LogP contribution in [0.3, 0.4) is 0 Å². The number of carbonyl (C=O) groups is 1. The second kappa shape index (κ2) is 6.77. The number of nitrogens with zero attached hydrogens (tertiary/aromatic N) is 2. The molecule has 2 aromatic rings. The Morgan fingerprint density at radius 1 is 1.17 bits per heavy atom. The SMILES string of the molecule is O=C(NC1CCN(Cc2ccccc2)CC1)c1cc(C2CC2)on1. The Morgan fingerprint density at radius 3 is 2.62 bits per heavy atom. The fourth-order valence-corrected chi connectivity index (χ4v) is 3.29. The average molecular weight is 325 g/mol. The Labute approximate surface area is 142 Å². The number of amides is 1. The summed E-state index contributed by atoms with van der Waals surface area (Å²) in [6, 6.07) is 12.6. The summed E-state index contributed by atoms with van der Waals surface area (Å²) in [6.07, 6.45) is 4.25. The zero-order valence-corrected chi connectivity index (χ0v) is 13.8. The first-order chi connectivity index (χ1) is 11.8. The molecule has 0 radical (unpaired) electrons. The lowest BCUT2D eigenvalue weighted by molar-refractivity contribution is 0.0899. The van der Waals surface area contributed by atoms with Crippen molar-refractivity contribution in [3.8, 4) is 0 Å². The van der Waals surface area contributed by atoms with Crippen LogP contribution in [-0.2, 0) is 6.54 Å². The molecule has 1 aromatic carbocycles. The first-order valence-electron chi connectivity index (χ1n) is 8.82. The van der Waals surface area contributed by atoms with Gasteiger partial charge in [-0.25, -0.2) is 0 Å². The normalized spacial score (nSPS) is 19.3. The summed E-state index contributed by atoms with van der Waals surface area (Å²) >= 11 is 0. The molecule has 1 saturated carbocycles. The minimum absolute atomic E-state index is 0.104. The summed E-state index contributed by atoms with van der Waals surface area (Å²) in [4.78, 5) is 14.7. The maximum absolute atomic E-state index is 12.3. The van der Waals surface area contributed by atoms with Gasteiger partial charge in [0.05, 0.1) is 0 Å². The molecule has 1 aliphatic carbocycles. The van der Waals surface area contributed by atoms with Crippen LogP contribution in [0.4, 0.5) is 0 Å². The quantitative estimate of drug-likeness (QED) is 0.918. The van der Waals surface area contributed by atoms with Crippen molar-refractivity contribution in [1.82, 2.24) is 15.4 Å². The minimum atomic E-state index is -0.104.